The van der Waals surface area contributed by atoms with Crippen LogP contribution in [0.5, 0.6) is 0 Å². The monoisotopic (exact) mass is 335 g/mol. The molecule has 20 heavy (non-hydrogen) atoms. The number of nitrogens with one attached hydrogen (secondary N) is 1. The first kappa shape index (κ1) is 17.6. The van der Waals surface area contributed by atoms with Crippen LogP contribution in [0.25, 0.3) is 0 Å². The molecule has 6 heteroatoms. The van der Waals surface area contributed by atoms with Gasteiger partial charge in [0.2, 0.25) is 0 Å². The van der Waals surface area contributed by atoms with Gasteiger partial charge in [0, 0.05) is 10.6 Å². The number of benzene rings is 1. The van der Waals surface area contributed by atoms with Gasteiger partial charge in [0.1, 0.15) is 6.04 Å². The molecule has 3 nitrogen and oxygen atoms in total. The van der Waals surface area contributed by atoms with E-state index in [0.29, 0.717) is 23.1 Å². The van der Waals surface area contributed by atoms with Gasteiger partial charge in [-0.15, -0.1) is 11.8 Å². The van der Waals surface area contributed by atoms with Crippen LogP contribution in [-0.2, 0) is 9.53 Å². The van der Waals surface area contributed by atoms with Gasteiger partial charge in [0.15, 0.2) is 0 Å². The average Bonchev–Trinajstić information content (AvgIpc) is 2.42. The molecule has 0 saturated carbocycles. The van der Waals surface area contributed by atoms with Gasteiger partial charge >= 0.3 is 5.97 Å². The molecule has 0 amide bonds. The third kappa shape index (κ3) is 5.92. The number of ether oxygens (including phenoxy) is 1. The van der Waals surface area contributed by atoms with Gasteiger partial charge in [0.05, 0.1) is 16.7 Å². The van der Waals surface area contributed by atoms with E-state index in [0.717, 1.165) is 17.2 Å². The second kappa shape index (κ2) is 9.50. The Bertz CT molecular complexity index is 443. The summed E-state index contributed by atoms with van der Waals surface area (Å²) in [6, 6.07) is 5.28. The second-order valence-corrected chi connectivity index (χ2v) is 6.06. The lowest BCUT2D eigenvalue weighted by Gasteiger charge is -2.15. The van der Waals surface area contributed by atoms with Crippen LogP contribution in [0.15, 0.2) is 23.1 Å². The van der Waals surface area contributed by atoms with Crippen molar-refractivity contribution in [3.05, 3.63) is 28.2 Å². The largest absolute Gasteiger partial charge is 0.465 e. The molecule has 0 heterocycles. The SMILES string of the molecule is CCNC(CCSc1ccc(Cl)c(Cl)c1)C(=O)OCC. The van der Waals surface area contributed by atoms with Crippen molar-refractivity contribution in [1.29, 1.82) is 0 Å². The zero-order valence-electron chi connectivity index (χ0n) is 11.6. The quantitative estimate of drug-likeness (QED) is 0.575. The number of hydrogen-bond acceptors (Lipinski definition) is 4. The van der Waals surface area contributed by atoms with Crippen molar-refractivity contribution < 1.29 is 9.53 Å². The molecule has 1 unspecified atom stereocenters. The summed E-state index contributed by atoms with van der Waals surface area (Å²) in [5, 5.41) is 4.23. The standard InChI is InChI=1S/C14H19Cl2NO2S/c1-3-17-13(14(18)19-4-2)7-8-20-10-5-6-11(15)12(16)9-10/h5-6,9,13,17H,3-4,7-8H2,1-2H3. The fourth-order valence-corrected chi connectivity index (χ4v) is 2.97. The maximum absolute atomic E-state index is 11.7. The summed E-state index contributed by atoms with van der Waals surface area (Å²) >= 11 is 13.5. The van der Waals surface area contributed by atoms with Crippen LogP contribution < -0.4 is 5.32 Å². The van der Waals surface area contributed by atoms with Gasteiger partial charge in [-0.05, 0) is 38.1 Å². The van der Waals surface area contributed by atoms with Crippen molar-refractivity contribution in [2.24, 2.45) is 0 Å². The summed E-state index contributed by atoms with van der Waals surface area (Å²) in [7, 11) is 0. The molecule has 0 aliphatic heterocycles. The van der Waals surface area contributed by atoms with E-state index in [1.807, 2.05) is 26.0 Å². The van der Waals surface area contributed by atoms with Crippen LogP contribution in [-0.4, -0.2) is 30.9 Å². The predicted molar refractivity (Wildman–Crippen MR) is 85.9 cm³/mol. The first-order valence-corrected chi connectivity index (χ1v) is 8.30. The fourth-order valence-electron chi connectivity index (χ4n) is 1.65. The lowest BCUT2D eigenvalue weighted by Crippen LogP contribution is -2.38. The summed E-state index contributed by atoms with van der Waals surface area (Å²) in [6.07, 6.45) is 0.706. The number of hydrogen-bond donors (Lipinski definition) is 1. The lowest BCUT2D eigenvalue weighted by molar-refractivity contribution is -0.145. The third-order valence-electron chi connectivity index (χ3n) is 2.59. The molecule has 1 aromatic carbocycles. The van der Waals surface area contributed by atoms with Gasteiger partial charge in [0.25, 0.3) is 0 Å². The normalized spacial score (nSPS) is 12.2. The lowest BCUT2D eigenvalue weighted by atomic mass is 10.2. The third-order valence-corrected chi connectivity index (χ3v) is 4.35. The molecule has 0 bridgehead atoms. The Morgan fingerprint density at radius 3 is 2.70 bits per heavy atom. The molecule has 0 spiro atoms. The highest BCUT2D eigenvalue weighted by Gasteiger charge is 2.18. The minimum atomic E-state index is -0.254. The van der Waals surface area contributed by atoms with Crippen molar-refractivity contribution in [3.63, 3.8) is 0 Å². The Morgan fingerprint density at radius 1 is 1.35 bits per heavy atom. The maximum Gasteiger partial charge on any atom is 0.323 e. The van der Waals surface area contributed by atoms with Gasteiger partial charge < -0.3 is 10.1 Å². The predicted octanol–water partition coefficient (Wildman–Crippen LogP) is 4.02. The Morgan fingerprint density at radius 2 is 2.10 bits per heavy atom. The molecular formula is C14H19Cl2NO2S. The number of halogens is 2. The van der Waals surface area contributed by atoms with E-state index in [4.69, 9.17) is 27.9 Å². The average molecular weight is 336 g/mol. The Balaban J connectivity index is 2.47. The number of esters is 1. The number of thioether (sulfide) groups is 1. The molecule has 1 rings (SSSR count). The van der Waals surface area contributed by atoms with Crippen molar-refractivity contribution in [1.82, 2.24) is 5.32 Å². The first-order valence-electron chi connectivity index (χ1n) is 6.56. The minimum absolute atomic E-state index is 0.191. The summed E-state index contributed by atoms with van der Waals surface area (Å²) < 4.78 is 5.04. The second-order valence-electron chi connectivity index (χ2n) is 4.08. The highest BCUT2D eigenvalue weighted by molar-refractivity contribution is 7.99. The van der Waals surface area contributed by atoms with Gasteiger partial charge in [-0.2, -0.15) is 0 Å². The molecule has 1 atom stereocenters. The topological polar surface area (TPSA) is 38.3 Å². The zero-order chi connectivity index (χ0) is 15.0. The number of carbonyl (C=O) groups excluding carboxylic acids is 1. The van der Waals surface area contributed by atoms with Crippen molar-refractivity contribution >= 4 is 40.9 Å². The Labute approximate surface area is 134 Å². The molecule has 1 aromatic rings. The summed E-state index contributed by atoms with van der Waals surface area (Å²) in [5.74, 6) is 0.609. The number of likely N-dealkylation sites (N-methyl/N-ethyl adjacent to an activating group) is 1. The molecule has 1 N–H and O–H groups in total. The van der Waals surface area contributed by atoms with E-state index in [1.54, 1.807) is 17.8 Å². The van der Waals surface area contributed by atoms with Crippen LogP contribution >= 0.6 is 35.0 Å². The zero-order valence-corrected chi connectivity index (χ0v) is 13.9. The van der Waals surface area contributed by atoms with E-state index < -0.39 is 0 Å². The molecule has 0 fully saturated rings. The van der Waals surface area contributed by atoms with Crippen molar-refractivity contribution in [2.45, 2.75) is 31.2 Å². The van der Waals surface area contributed by atoms with Crippen LogP contribution in [0, 0.1) is 0 Å². The number of rotatable bonds is 8. The number of carbonyl (C=O) groups is 1. The van der Waals surface area contributed by atoms with Gasteiger partial charge in [-0.3, -0.25) is 4.79 Å². The van der Waals surface area contributed by atoms with Crippen molar-refractivity contribution in [3.8, 4) is 0 Å². The molecule has 0 aromatic heterocycles. The highest BCUT2D eigenvalue weighted by atomic mass is 35.5. The van der Waals surface area contributed by atoms with E-state index in [2.05, 4.69) is 5.32 Å². The van der Waals surface area contributed by atoms with Crippen LogP contribution in [0.1, 0.15) is 20.3 Å². The van der Waals surface area contributed by atoms with E-state index in [9.17, 15) is 4.79 Å². The fraction of sp³-hybridized carbons (Fsp3) is 0.500. The van der Waals surface area contributed by atoms with Gasteiger partial charge in [-0.1, -0.05) is 30.1 Å². The molecule has 0 saturated heterocycles. The van der Waals surface area contributed by atoms with Crippen molar-refractivity contribution in [2.75, 3.05) is 18.9 Å². The first-order chi connectivity index (χ1) is 9.58. The molecule has 112 valence electrons. The van der Waals surface area contributed by atoms with E-state index in [-0.39, 0.29) is 12.0 Å². The Kier molecular flexibility index (Phi) is 8.38. The smallest absolute Gasteiger partial charge is 0.323 e. The summed E-state index contributed by atoms with van der Waals surface area (Å²) in [5.41, 5.74) is 0. The molecule has 0 aliphatic carbocycles. The highest BCUT2D eigenvalue weighted by Crippen LogP contribution is 2.28. The van der Waals surface area contributed by atoms with Gasteiger partial charge in [-0.25, -0.2) is 0 Å². The van der Waals surface area contributed by atoms with E-state index in [1.165, 1.54) is 0 Å². The molecular weight excluding hydrogens is 317 g/mol. The van der Waals surface area contributed by atoms with Crippen LogP contribution in [0.4, 0.5) is 0 Å². The van der Waals surface area contributed by atoms with Crippen LogP contribution in [0.3, 0.4) is 0 Å². The molecule has 0 aliphatic rings. The van der Waals surface area contributed by atoms with Crippen LogP contribution in [0.2, 0.25) is 10.0 Å². The molecule has 0 radical (unpaired) electrons. The summed E-state index contributed by atoms with van der Waals surface area (Å²) in [6.45, 7) is 4.92. The maximum atomic E-state index is 11.7. The Hall–Kier alpha value is -0.420. The summed E-state index contributed by atoms with van der Waals surface area (Å²) in [4.78, 5) is 12.8. The van der Waals surface area contributed by atoms with E-state index >= 15 is 0 Å². The minimum Gasteiger partial charge on any atom is -0.465 e.